The topological polar surface area (TPSA) is 29.9 Å². The number of hydrogen-bond donors (Lipinski definition) is 1. The van der Waals surface area contributed by atoms with Crippen molar-refractivity contribution in [2.45, 2.75) is 45.8 Å². The molecule has 1 aromatic carbocycles. The van der Waals surface area contributed by atoms with E-state index >= 15 is 0 Å². The molecule has 0 saturated heterocycles. The maximum absolute atomic E-state index is 13.1. The highest BCUT2D eigenvalue weighted by molar-refractivity contribution is 5.17. The van der Waals surface area contributed by atoms with Crippen molar-refractivity contribution < 1.29 is 8.78 Å². The average Bonchev–Trinajstić information content (AvgIpc) is 2.93. The van der Waals surface area contributed by atoms with Crippen LogP contribution in [0.25, 0.3) is 0 Å². The summed E-state index contributed by atoms with van der Waals surface area (Å²) in [6, 6.07) is 6.36. The Balaban J connectivity index is 1.87. The Morgan fingerprint density at radius 3 is 2.52 bits per heavy atom. The first-order valence-electron chi connectivity index (χ1n) is 7.32. The zero-order valence-electron chi connectivity index (χ0n) is 12.4. The predicted octanol–water partition coefficient (Wildman–Crippen LogP) is 3.81. The summed E-state index contributed by atoms with van der Waals surface area (Å²) < 4.78 is 27.9. The second-order valence-electron chi connectivity index (χ2n) is 5.11. The summed E-state index contributed by atoms with van der Waals surface area (Å²) in [7, 11) is 0. The summed E-state index contributed by atoms with van der Waals surface area (Å²) in [5, 5.41) is 7.72. The number of aromatic nitrogens is 2. The van der Waals surface area contributed by atoms with Gasteiger partial charge in [0.15, 0.2) is 11.6 Å². The highest BCUT2D eigenvalue weighted by Crippen LogP contribution is 2.14. The van der Waals surface area contributed by atoms with Crippen LogP contribution >= 0.6 is 0 Å². The van der Waals surface area contributed by atoms with E-state index in [-0.39, 0.29) is 0 Å². The number of hydrogen-bond acceptors (Lipinski definition) is 2. The number of nitrogens with zero attached hydrogens (tertiary/aromatic N) is 2. The van der Waals surface area contributed by atoms with E-state index in [9.17, 15) is 8.78 Å². The van der Waals surface area contributed by atoms with Crippen LogP contribution in [0.2, 0.25) is 0 Å². The van der Waals surface area contributed by atoms with Gasteiger partial charge in [0, 0.05) is 19.3 Å². The molecule has 0 radical (unpaired) electrons. The smallest absolute Gasteiger partial charge is 0.159 e. The Morgan fingerprint density at radius 2 is 1.86 bits per heavy atom. The Labute approximate surface area is 124 Å². The second kappa shape index (κ2) is 7.31. The minimum absolute atomic E-state index is 0.435. The van der Waals surface area contributed by atoms with Crippen LogP contribution < -0.4 is 5.32 Å². The first-order chi connectivity index (χ1) is 10.1. The number of halogens is 2. The van der Waals surface area contributed by atoms with Crippen molar-refractivity contribution in [2.24, 2.45) is 0 Å². The molecule has 0 atom stereocenters. The molecule has 1 N–H and O–H groups in total. The molecule has 0 spiro atoms. The van der Waals surface area contributed by atoms with Crippen molar-refractivity contribution in [3.63, 3.8) is 0 Å². The molecule has 0 aliphatic rings. The van der Waals surface area contributed by atoms with Gasteiger partial charge in [-0.1, -0.05) is 19.9 Å². The minimum Gasteiger partial charge on any atom is -0.307 e. The van der Waals surface area contributed by atoms with E-state index in [4.69, 9.17) is 0 Å². The third kappa shape index (κ3) is 4.11. The number of rotatable bonds is 7. The summed E-state index contributed by atoms with van der Waals surface area (Å²) in [6.07, 6.45) is 4.10. The van der Waals surface area contributed by atoms with Crippen molar-refractivity contribution in [1.29, 1.82) is 0 Å². The third-order valence-corrected chi connectivity index (χ3v) is 3.60. The first-order valence-corrected chi connectivity index (χ1v) is 7.32. The minimum atomic E-state index is -0.817. The normalized spacial score (nSPS) is 11.3. The molecular formula is C16H21F2N3. The monoisotopic (exact) mass is 293 g/mol. The van der Waals surface area contributed by atoms with E-state index in [1.807, 2.05) is 16.9 Å². The van der Waals surface area contributed by atoms with E-state index in [0.717, 1.165) is 24.6 Å². The van der Waals surface area contributed by atoms with Crippen LogP contribution in [-0.4, -0.2) is 9.78 Å². The molecule has 2 rings (SSSR count). The van der Waals surface area contributed by atoms with Crippen molar-refractivity contribution in [3.05, 3.63) is 53.4 Å². The fourth-order valence-electron chi connectivity index (χ4n) is 2.32. The molecule has 114 valence electrons. The van der Waals surface area contributed by atoms with E-state index in [1.54, 1.807) is 6.07 Å². The van der Waals surface area contributed by atoms with Crippen LogP contribution in [0.15, 0.2) is 30.5 Å². The van der Waals surface area contributed by atoms with Crippen LogP contribution in [0.5, 0.6) is 0 Å². The largest absolute Gasteiger partial charge is 0.307 e. The maximum atomic E-state index is 13.1. The standard InChI is InChI=1S/C16H21F2N3/c1-3-14(4-2)21-8-7-13(20-21)11-19-10-12-5-6-15(17)16(18)9-12/h5-9,14,19H,3-4,10-11H2,1-2H3. The Bertz CT molecular complexity index is 577. The lowest BCUT2D eigenvalue weighted by atomic mass is 10.2. The Hall–Kier alpha value is -1.75. The Kier molecular flexibility index (Phi) is 5.44. The molecule has 0 saturated carbocycles. The molecule has 3 nitrogen and oxygen atoms in total. The molecule has 5 heteroatoms. The van der Waals surface area contributed by atoms with Crippen molar-refractivity contribution in [2.75, 3.05) is 0 Å². The van der Waals surface area contributed by atoms with Gasteiger partial charge in [-0.2, -0.15) is 5.10 Å². The zero-order valence-corrected chi connectivity index (χ0v) is 12.4. The molecule has 1 aromatic heterocycles. The first kappa shape index (κ1) is 15.6. The van der Waals surface area contributed by atoms with Crippen LogP contribution in [0.3, 0.4) is 0 Å². The summed E-state index contributed by atoms with van der Waals surface area (Å²) in [6.45, 7) is 5.38. The van der Waals surface area contributed by atoms with Gasteiger partial charge in [0.1, 0.15) is 0 Å². The van der Waals surface area contributed by atoms with Gasteiger partial charge in [0.2, 0.25) is 0 Å². The van der Waals surface area contributed by atoms with E-state index in [0.29, 0.717) is 24.7 Å². The zero-order chi connectivity index (χ0) is 15.2. The molecule has 0 amide bonds. The molecule has 2 aromatic rings. The number of nitrogens with one attached hydrogen (secondary N) is 1. The van der Waals surface area contributed by atoms with Crippen molar-refractivity contribution >= 4 is 0 Å². The van der Waals surface area contributed by atoms with Gasteiger partial charge >= 0.3 is 0 Å². The molecule has 0 unspecified atom stereocenters. The van der Waals surface area contributed by atoms with Crippen LogP contribution in [0.1, 0.15) is 44.0 Å². The van der Waals surface area contributed by atoms with Crippen LogP contribution in [0, 0.1) is 11.6 Å². The summed E-state index contributed by atoms with van der Waals surface area (Å²) in [5.74, 6) is -1.63. The van der Waals surface area contributed by atoms with Crippen molar-refractivity contribution in [1.82, 2.24) is 15.1 Å². The maximum Gasteiger partial charge on any atom is 0.159 e. The molecule has 0 aliphatic heterocycles. The van der Waals surface area contributed by atoms with Crippen molar-refractivity contribution in [3.8, 4) is 0 Å². The fraction of sp³-hybridized carbons (Fsp3) is 0.438. The third-order valence-electron chi connectivity index (χ3n) is 3.60. The van der Waals surface area contributed by atoms with E-state index in [1.165, 1.54) is 6.07 Å². The lowest BCUT2D eigenvalue weighted by molar-refractivity contribution is 0.424. The average molecular weight is 293 g/mol. The van der Waals surface area contributed by atoms with Gasteiger partial charge in [-0.25, -0.2) is 8.78 Å². The Morgan fingerprint density at radius 1 is 1.10 bits per heavy atom. The molecular weight excluding hydrogens is 272 g/mol. The summed E-state index contributed by atoms with van der Waals surface area (Å²) in [5.41, 5.74) is 1.66. The van der Waals surface area contributed by atoms with Gasteiger partial charge in [0.25, 0.3) is 0 Å². The van der Waals surface area contributed by atoms with Gasteiger partial charge in [-0.05, 0) is 36.6 Å². The number of benzene rings is 1. The van der Waals surface area contributed by atoms with E-state index in [2.05, 4.69) is 24.3 Å². The molecule has 0 bridgehead atoms. The fourth-order valence-corrected chi connectivity index (χ4v) is 2.32. The summed E-state index contributed by atoms with van der Waals surface area (Å²) in [4.78, 5) is 0. The molecule has 21 heavy (non-hydrogen) atoms. The van der Waals surface area contributed by atoms with Gasteiger partial charge in [0.05, 0.1) is 11.7 Å². The highest BCUT2D eigenvalue weighted by Gasteiger charge is 2.08. The van der Waals surface area contributed by atoms with Crippen LogP contribution in [-0.2, 0) is 13.1 Å². The summed E-state index contributed by atoms with van der Waals surface area (Å²) >= 11 is 0. The lowest BCUT2D eigenvalue weighted by Crippen LogP contribution is -2.14. The SMILES string of the molecule is CCC(CC)n1ccc(CNCc2ccc(F)c(F)c2)n1. The predicted molar refractivity (Wildman–Crippen MR) is 78.7 cm³/mol. The van der Waals surface area contributed by atoms with Gasteiger partial charge < -0.3 is 5.32 Å². The quantitative estimate of drug-likeness (QED) is 0.841. The van der Waals surface area contributed by atoms with Crippen LogP contribution in [0.4, 0.5) is 8.78 Å². The lowest BCUT2D eigenvalue weighted by Gasteiger charge is -2.12. The van der Waals surface area contributed by atoms with E-state index < -0.39 is 11.6 Å². The molecule has 1 heterocycles. The molecule has 0 aliphatic carbocycles. The van der Waals surface area contributed by atoms with Gasteiger partial charge in [-0.3, -0.25) is 4.68 Å². The second-order valence-corrected chi connectivity index (χ2v) is 5.11. The van der Waals surface area contributed by atoms with Gasteiger partial charge in [-0.15, -0.1) is 0 Å². The highest BCUT2D eigenvalue weighted by atomic mass is 19.2. The molecule has 0 fully saturated rings.